The Hall–Kier alpha value is -1.07. The highest BCUT2D eigenvalue weighted by molar-refractivity contribution is 7.12. The molecular formula is C19H32N2O2S. The van der Waals surface area contributed by atoms with E-state index >= 15 is 0 Å². The molecule has 0 aromatic carbocycles. The number of aryl methyl sites for hydroxylation is 1. The molecule has 2 rings (SSSR count). The highest BCUT2D eigenvalue weighted by Gasteiger charge is 2.27. The number of amides is 1. The minimum atomic E-state index is -0.456. The first-order chi connectivity index (χ1) is 11.2. The predicted octanol–water partition coefficient (Wildman–Crippen LogP) is 4.79. The maximum atomic E-state index is 12.0. The molecule has 136 valence electrons. The smallest absolute Gasteiger partial charge is 0.407 e. The zero-order valence-electron chi connectivity index (χ0n) is 15.6. The highest BCUT2D eigenvalue weighted by atomic mass is 32.1. The van der Waals surface area contributed by atoms with Crippen LogP contribution in [0, 0.1) is 12.8 Å². The fourth-order valence-electron chi connectivity index (χ4n) is 3.32. The van der Waals surface area contributed by atoms with E-state index in [0.717, 1.165) is 0 Å². The Morgan fingerprint density at radius 1 is 1.33 bits per heavy atom. The lowest BCUT2D eigenvalue weighted by molar-refractivity contribution is 0.0517. The van der Waals surface area contributed by atoms with Gasteiger partial charge in [0.25, 0.3) is 0 Å². The summed E-state index contributed by atoms with van der Waals surface area (Å²) in [4.78, 5) is 14.7. The molecule has 0 spiro atoms. The summed E-state index contributed by atoms with van der Waals surface area (Å²) in [6.07, 6.45) is 4.74. The minimum absolute atomic E-state index is 0.289. The van der Waals surface area contributed by atoms with Gasteiger partial charge in [0, 0.05) is 28.4 Å². The van der Waals surface area contributed by atoms with Gasteiger partial charge in [-0.3, -0.25) is 0 Å². The van der Waals surface area contributed by atoms with Crippen molar-refractivity contribution < 1.29 is 9.53 Å². The van der Waals surface area contributed by atoms with Crippen LogP contribution in [-0.4, -0.2) is 24.3 Å². The Morgan fingerprint density at radius 2 is 2.00 bits per heavy atom. The average molecular weight is 353 g/mol. The van der Waals surface area contributed by atoms with Crippen LogP contribution < -0.4 is 10.6 Å². The van der Waals surface area contributed by atoms with Gasteiger partial charge >= 0.3 is 6.09 Å². The summed E-state index contributed by atoms with van der Waals surface area (Å²) in [5.74, 6) is 0.628. The third-order valence-electron chi connectivity index (χ3n) is 4.49. The maximum absolute atomic E-state index is 12.0. The molecule has 4 nitrogen and oxygen atoms in total. The number of carbonyl (C=O) groups excluding carboxylic acids is 1. The van der Waals surface area contributed by atoms with Crippen LogP contribution >= 0.6 is 11.3 Å². The lowest BCUT2D eigenvalue weighted by Crippen LogP contribution is -2.46. The first-order valence-corrected chi connectivity index (χ1v) is 9.85. The monoisotopic (exact) mass is 352 g/mol. The summed E-state index contributed by atoms with van der Waals surface area (Å²) in [7, 11) is 0. The molecule has 1 heterocycles. The van der Waals surface area contributed by atoms with Gasteiger partial charge in [-0.05, 0) is 65.5 Å². The SMILES string of the molecule is Cc1ccc(C(C)NC(CNC(=O)OC(C)(C)C)C2CCCC2)s1. The van der Waals surface area contributed by atoms with E-state index in [1.165, 1.54) is 35.4 Å². The Bertz CT molecular complexity index is 530. The van der Waals surface area contributed by atoms with Crippen LogP contribution in [0.5, 0.6) is 0 Å². The van der Waals surface area contributed by atoms with Crippen molar-refractivity contribution in [3.63, 3.8) is 0 Å². The van der Waals surface area contributed by atoms with Crippen LogP contribution in [0.4, 0.5) is 4.79 Å². The molecule has 1 aromatic heterocycles. The van der Waals surface area contributed by atoms with E-state index in [0.29, 0.717) is 18.5 Å². The van der Waals surface area contributed by atoms with Crippen molar-refractivity contribution in [2.24, 2.45) is 5.92 Å². The van der Waals surface area contributed by atoms with Gasteiger partial charge in [-0.1, -0.05) is 12.8 Å². The van der Waals surface area contributed by atoms with Crippen molar-refractivity contribution in [3.8, 4) is 0 Å². The molecule has 1 aliphatic rings. The van der Waals surface area contributed by atoms with Crippen LogP contribution in [0.25, 0.3) is 0 Å². The molecule has 5 heteroatoms. The van der Waals surface area contributed by atoms with Gasteiger partial charge in [-0.2, -0.15) is 0 Å². The largest absolute Gasteiger partial charge is 0.444 e. The Balaban J connectivity index is 1.93. The predicted molar refractivity (Wildman–Crippen MR) is 101 cm³/mol. The number of thiophene rings is 1. The van der Waals surface area contributed by atoms with Gasteiger partial charge in [-0.15, -0.1) is 11.3 Å². The quantitative estimate of drug-likeness (QED) is 0.774. The summed E-state index contributed by atoms with van der Waals surface area (Å²) < 4.78 is 5.37. The van der Waals surface area contributed by atoms with Crippen LogP contribution in [-0.2, 0) is 4.74 Å². The van der Waals surface area contributed by atoms with Gasteiger partial charge in [0.05, 0.1) is 0 Å². The molecular weight excluding hydrogens is 320 g/mol. The minimum Gasteiger partial charge on any atom is -0.444 e. The number of carbonyl (C=O) groups is 1. The van der Waals surface area contributed by atoms with Crippen LogP contribution in [0.15, 0.2) is 12.1 Å². The third kappa shape index (κ3) is 6.10. The van der Waals surface area contributed by atoms with E-state index in [1.807, 2.05) is 32.1 Å². The maximum Gasteiger partial charge on any atom is 0.407 e. The van der Waals surface area contributed by atoms with Crippen molar-refractivity contribution in [2.75, 3.05) is 6.54 Å². The van der Waals surface area contributed by atoms with Crippen molar-refractivity contribution in [1.82, 2.24) is 10.6 Å². The normalized spacial score (nSPS) is 18.4. The molecule has 1 saturated carbocycles. The van der Waals surface area contributed by atoms with E-state index in [2.05, 4.69) is 36.6 Å². The molecule has 24 heavy (non-hydrogen) atoms. The highest BCUT2D eigenvalue weighted by Crippen LogP contribution is 2.30. The molecule has 2 N–H and O–H groups in total. The number of alkyl carbamates (subject to hydrolysis) is 1. The Morgan fingerprint density at radius 3 is 2.54 bits per heavy atom. The molecule has 1 aliphatic carbocycles. The second-order valence-electron chi connectivity index (χ2n) is 7.87. The van der Waals surface area contributed by atoms with Crippen molar-refractivity contribution in [1.29, 1.82) is 0 Å². The fraction of sp³-hybridized carbons (Fsp3) is 0.737. The first-order valence-electron chi connectivity index (χ1n) is 9.04. The van der Waals surface area contributed by atoms with Gasteiger partial charge in [0.2, 0.25) is 0 Å². The third-order valence-corrected chi connectivity index (χ3v) is 5.67. The molecule has 2 unspecified atom stereocenters. The Kier molecular flexibility index (Phi) is 6.70. The van der Waals surface area contributed by atoms with E-state index in [-0.39, 0.29) is 12.1 Å². The first kappa shape index (κ1) is 19.3. The van der Waals surface area contributed by atoms with E-state index in [9.17, 15) is 4.79 Å². The zero-order chi connectivity index (χ0) is 17.7. The number of hydrogen-bond donors (Lipinski definition) is 2. The van der Waals surface area contributed by atoms with Crippen LogP contribution in [0.3, 0.4) is 0 Å². The van der Waals surface area contributed by atoms with Crippen LogP contribution in [0.2, 0.25) is 0 Å². The average Bonchev–Trinajstić information content (AvgIpc) is 3.12. The molecule has 0 bridgehead atoms. The molecule has 0 saturated heterocycles. The standard InChI is InChI=1S/C19H32N2O2S/c1-13-10-11-17(24-13)14(2)21-16(15-8-6-7-9-15)12-20-18(22)23-19(3,4)5/h10-11,14-16,21H,6-9,12H2,1-5H3,(H,20,22). The van der Waals surface area contributed by atoms with Gasteiger partial charge < -0.3 is 15.4 Å². The second-order valence-corrected chi connectivity index (χ2v) is 9.19. The van der Waals surface area contributed by atoms with Gasteiger partial charge in [-0.25, -0.2) is 4.79 Å². The molecule has 0 radical (unpaired) electrons. The Labute approximate surface area is 150 Å². The summed E-state index contributed by atoms with van der Waals surface area (Å²) in [5.41, 5.74) is -0.456. The molecule has 1 amide bonds. The van der Waals surface area contributed by atoms with Gasteiger partial charge in [0.15, 0.2) is 0 Å². The molecule has 2 atom stereocenters. The summed E-state index contributed by atoms with van der Waals surface area (Å²) in [6.45, 7) is 10.6. The van der Waals surface area contributed by atoms with Crippen molar-refractivity contribution in [2.45, 2.75) is 78.0 Å². The van der Waals surface area contributed by atoms with Crippen molar-refractivity contribution in [3.05, 3.63) is 21.9 Å². The number of ether oxygens (including phenoxy) is 1. The molecule has 0 aliphatic heterocycles. The topological polar surface area (TPSA) is 50.4 Å². The summed E-state index contributed by atoms with van der Waals surface area (Å²) in [5, 5.41) is 6.70. The molecule has 1 aromatic rings. The lowest BCUT2D eigenvalue weighted by Gasteiger charge is -2.29. The van der Waals surface area contributed by atoms with E-state index < -0.39 is 5.60 Å². The van der Waals surface area contributed by atoms with E-state index in [1.54, 1.807) is 0 Å². The van der Waals surface area contributed by atoms with Crippen molar-refractivity contribution >= 4 is 17.4 Å². The number of rotatable bonds is 6. The number of hydrogen-bond acceptors (Lipinski definition) is 4. The summed E-state index contributed by atoms with van der Waals surface area (Å²) >= 11 is 1.84. The zero-order valence-corrected chi connectivity index (χ0v) is 16.5. The van der Waals surface area contributed by atoms with Crippen LogP contribution in [0.1, 0.15) is 69.2 Å². The van der Waals surface area contributed by atoms with E-state index in [4.69, 9.17) is 4.74 Å². The number of nitrogens with one attached hydrogen (secondary N) is 2. The summed E-state index contributed by atoms with van der Waals surface area (Å²) in [6, 6.07) is 4.96. The van der Waals surface area contributed by atoms with Gasteiger partial charge in [0.1, 0.15) is 5.60 Å². The fourth-order valence-corrected chi connectivity index (χ4v) is 4.21. The molecule has 1 fully saturated rings. The second kappa shape index (κ2) is 8.34. The lowest BCUT2D eigenvalue weighted by atomic mass is 9.97.